The summed E-state index contributed by atoms with van der Waals surface area (Å²) in [7, 11) is 3.77. The van der Waals surface area contributed by atoms with Gasteiger partial charge in [-0.2, -0.15) is 0 Å². The topological polar surface area (TPSA) is 21.7 Å². The average molecular weight is 249 g/mol. The first-order valence-corrected chi connectivity index (χ1v) is 6.48. The minimum absolute atomic E-state index is 0.141. The van der Waals surface area contributed by atoms with Crippen LogP contribution in [0.4, 0.5) is 5.69 Å². The molecule has 3 nitrogen and oxygen atoms in total. The molecule has 1 aromatic rings. The summed E-state index contributed by atoms with van der Waals surface area (Å²) in [4.78, 5) is 2.07. The molecule has 0 saturated heterocycles. The summed E-state index contributed by atoms with van der Waals surface area (Å²) in [5.41, 5.74) is 2.23. The molecule has 0 atom stereocenters. The number of anilines is 1. The van der Waals surface area contributed by atoms with E-state index in [4.69, 9.17) is 9.31 Å². The van der Waals surface area contributed by atoms with E-state index in [0.717, 1.165) is 5.46 Å². The molecule has 0 aliphatic carbocycles. The van der Waals surface area contributed by atoms with Gasteiger partial charge in [-0.15, -0.1) is 0 Å². The minimum atomic E-state index is -0.291. The number of rotatable bonds is 6. The SMILES string of the molecule is CC(C)OB(OC(C)C)c1ccc(N(C)C)cc1. The summed E-state index contributed by atoms with van der Waals surface area (Å²) in [6.45, 7) is 8.07. The van der Waals surface area contributed by atoms with E-state index in [1.165, 1.54) is 5.69 Å². The van der Waals surface area contributed by atoms with Crippen LogP contribution < -0.4 is 10.4 Å². The van der Waals surface area contributed by atoms with Crippen LogP contribution in [0.1, 0.15) is 27.7 Å². The first-order chi connectivity index (χ1) is 8.40. The zero-order valence-corrected chi connectivity index (χ0v) is 12.3. The summed E-state index contributed by atoms with van der Waals surface area (Å²) < 4.78 is 11.6. The lowest BCUT2D eigenvalue weighted by molar-refractivity contribution is 0.139. The fraction of sp³-hybridized carbons (Fsp3) is 0.571. The number of hydrogen-bond acceptors (Lipinski definition) is 3. The standard InChI is InChI=1S/C14H24BNO2/c1-11(2)17-15(18-12(3)4)13-7-9-14(10-8-13)16(5)6/h7-12H,1-6H3. The van der Waals surface area contributed by atoms with E-state index in [2.05, 4.69) is 29.2 Å². The Morgan fingerprint density at radius 3 is 1.67 bits per heavy atom. The Hall–Kier alpha value is -0.995. The molecule has 0 amide bonds. The van der Waals surface area contributed by atoms with Crippen molar-refractivity contribution in [1.29, 1.82) is 0 Å². The van der Waals surface area contributed by atoms with Crippen LogP contribution in [0.25, 0.3) is 0 Å². The summed E-state index contributed by atoms with van der Waals surface area (Å²) in [5.74, 6) is 0. The summed E-state index contributed by atoms with van der Waals surface area (Å²) >= 11 is 0. The van der Waals surface area contributed by atoms with Crippen LogP contribution in [0.2, 0.25) is 0 Å². The van der Waals surface area contributed by atoms with E-state index in [9.17, 15) is 0 Å². The van der Waals surface area contributed by atoms with Gasteiger partial charge in [0.1, 0.15) is 0 Å². The highest BCUT2D eigenvalue weighted by Crippen LogP contribution is 2.09. The van der Waals surface area contributed by atoms with E-state index >= 15 is 0 Å². The molecule has 0 N–H and O–H groups in total. The summed E-state index contributed by atoms with van der Waals surface area (Å²) in [5, 5.41) is 0. The van der Waals surface area contributed by atoms with E-state index in [-0.39, 0.29) is 19.3 Å². The molecule has 0 fully saturated rings. The molecule has 0 spiro atoms. The van der Waals surface area contributed by atoms with Crippen LogP contribution in [0.3, 0.4) is 0 Å². The van der Waals surface area contributed by atoms with Crippen molar-refractivity contribution in [3.8, 4) is 0 Å². The molecule has 0 aromatic heterocycles. The van der Waals surface area contributed by atoms with Crippen LogP contribution in [0.15, 0.2) is 24.3 Å². The predicted octanol–water partition coefficient (Wildman–Crippen LogP) is 2.30. The molecule has 0 saturated carbocycles. The van der Waals surface area contributed by atoms with Gasteiger partial charge in [-0.05, 0) is 45.3 Å². The lowest BCUT2D eigenvalue weighted by Crippen LogP contribution is -2.40. The molecule has 0 heterocycles. The third-order valence-electron chi connectivity index (χ3n) is 2.47. The maximum Gasteiger partial charge on any atom is 0.494 e. The molecular weight excluding hydrogens is 225 g/mol. The molecule has 18 heavy (non-hydrogen) atoms. The van der Waals surface area contributed by atoms with Crippen molar-refractivity contribution >= 4 is 18.3 Å². The monoisotopic (exact) mass is 249 g/mol. The van der Waals surface area contributed by atoms with Gasteiger partial charge in [0.05, 0.1) is 0 Å². The fourth-order valence-electron chi connectivity index (χ4n) is 1.61. The van der Waals surface area contributed by atoms with Gasteiger partial charge in [0.15, 0.2) is 0 Å². The van der Waals surface area contributed by atoms with Gasteiger partial charge in [-0.1, -0.05) is 12.1 Å². The summed E-state index contributed by atoms with van der Waals surface area (Å²) in [6.07, 6.45) is 0.282. The third kappa shape index (κ3) is 4.71. The minimum Gasteiger partial charge on any atom is -0.405 e. The molecule has 1 aromatic carbocycles. The van der Waals surface area contributed by atoms with E-state index < -0.39 is 0 Å². The predicted molar refractivity (Wildman–Crippen MR) is 78.6 cm³/mol. The largest absolute Gasteiger partial charge is 0.494 e. The van der Waals surface area contributed by atoms with E-state index in [1.54, 1.807) is 0 Å². The second kappa shape index (κ2) is 6.81. The van der Waals surface area contributed by atoms with Crippen LogP contribution >= 0.6 is 0 Å². The smallest absolute Gasteiger partial charge is 0.405 e. The quantitative estimate of drug-likeness (QED) is 0.722. The van der Waals surface area contributed by atoms with Crippen LogP contribution in [0.5, 0.6) is 0 Å². The van der Waals surface area contributed by atoms with Gasteiger partial charge in [0.2, 0.25) is 0 Å². The zero-order valence-electron chi connectivity index (χ0n) is 12.3. The second-order valence-electron chi connectivity index (χ2n) is 5.19. The molecule has 100 valence electrons. The number of nitrogens with zero attached hydrogens (tertiary/aromatic N) is 1. The Labute approximate surface area is 111 Å². The molecule has 4 heteroatoms. The normalized spacial score (nSPS) is 11.1. The maximum atomic E-state index is 5.81. The lowest BCUT2D eigenvalue weighted by atomic mass is 9.78. The Kier molecular flexibility index (Phi) is 5.70. The van der Waals surface area contributed by atoms with Gasteiger partial charge < -0.3 is 14.2 Å². The Balaban J connectivity index is 2.83. The third-order valence-corrected chi connectivity index (χ3v) is 2.47. The van der Waals surface area contributed by atoms with Crippen molar-refractivity contribution < 1.29 is 9.31 Å². The first-order valence-electron chi connectivity index (χ1n) is 6.48. The Bertz CT molecular complexity index is 339. The van der Waals surface area contributed by atoms with Gasteiger partial charge in [0, 0.05) is 32.0 Å². The van der Waals surface area contributed by atoms with E-state index in [0.29, 0.717) is 0 Å². The van der Waals surface area contributed by atoms with Crippen molar-refractivity contribution in [1.82, 2.24) is 0 Å². The molecule has 0 unspecified atom stereocenters. The van der Waals surface area contributed by atoms with Crippen molar-refractivity contribution in [3.63, 3.8) is 0 Å². The molecule has 0 aliphatic heterocycles. The van der Waals surface area contributed by atoms with Gasteiger partial charge >= 0.3 is 7.12 Å². The van der Waals surface area contributed by atoms with Crippen molar-refractivity contribution in [2.45, 2.75) is 39.9 Å². The number of benzene rings is 1. The van der Waals surface area contributed by atoms with Crippen molar-refractivity contribution in [2.75, 3.05) is 19.0 Å². The molecule has 0 radical (unpaired) electrons. The highest BCUT2D eigenvalue weighted by atomic mass is 16.6. The number of hydrogen-bond donors (Lipinski definition) is 0. The van der Waals surface area contributed by atoms with Crippen LogP contribution in [0, 0.1) is 0 Å². The Morgan fingerprint density at radius 2 is 1.33 bits per heavy atom. The average Bonchev–Trinajstić information content (AvgIpc) is 2.27. The lowest BCUT2D eigenvalue weighted by Gasteiger charge is -2.20. The van der Waals surface area contributed by atoms with Crippen molar-refractivity contribution in [2.24, 2.45) is 0 Å². The highest BCUT2D eigenvalue weighted by Gasteiger charge is 2.23. The zero-order chi connectivity index (χ0) is 13.7. The summed E-state index contributed by atoms with van der Waals surface area (Å²) in [6, 6.07) is 8.28. The van der Waals surface area contributed by atoms with Crippen molar-refractivity contribution in [3.05, 3.63) is 24.3 Å². The van der Waals surface area contributed by atoms with Gasteiger partial charge in [-0.25, -0.2) is 0 Å². The first kappa shape index (κ1) is 15.1. The highest BCUT2D eigenvalue weighted by molar-refractivity contribution is 6.61. The maximum absolute atomic E-state index is 5.81. The fourth-order valence-corrected chi connectivity index (χ4v) is 1.61. The molecule has 0 bridgehead atoms. The van der Waals surface area contributed by atoms with Crippen LogP contribution in [-0.4, -0.2) is 33.4 Å². The Morgan fingerprint density at radius 1 is 0.889 bits per heavy atom. The van der Waals surface area contributed by atoms with Crippen LogP contribution in [-0.2, 0) is 9.31 Å². The van der Waals surface area contributed by atoms with E-state index in [1.807, 2.05) is 41.8 Å². The second-order valence-corrected chi connectivity index (χ2v) is 5.19. The molecule has 0 aliphatic rings. The van der Waals surface area contributed by atoms with Gasteiger partial charge in [0.25, 0.3) is 0 Å². The molecule has 1 rings (SSSR count). The van der Waals surface area contributed by atoms with Gasteiger partial charge in [-0.3, -0.25) is 0 Å². The molecular formula is C14H24BNO2.